The van der Waals surface area contributed by atoms with Gasteiger partial charge in [0.2, 0.25) is 0 Å². The Kier molecular flexibility index (Phi) is 4.37. The fourth-order valence-electron chi connectivity index (χ4n) is 3.34. The highest BCUT2D eigenvalue weighted by Gasteiger charge is 2.28. The van der Waals surface area contributed by atoms with Crippen molar-refractivity contribution in [1.82, 2.24) is 9.89 Å². The Balaban J connectivity index is 1.83. The lowest BCUT2D eigenvalue weighted by molar-refractivity contribution is 0.0983. The summed E-state index contributed by atoms with van der Waals surface area (Å²) in [7, 11) is 0. The van der Waals surface area contributed by atoms with Crippen molar-refractivity contribution < 1.29 is 9.59 Å². The molecule has 1 aliphatic carbocycles. The predicted octanol–water partition coefficient (Wildman–Crippen LogP) is 3.44. The number of carbonyl (C=O) groups excluding carboxylic acids is 2. The topological polar surface area (TPSA) is 90.0 Å². The summed E-state index contributed by atoms with van der Waals surface area (Å²) in [6.45, 7) is 0. The van der Waals surface area contributed by atoms with Crippen molar-refractivity contribution in [2.75, 3.05) is 5.43 Å². The molecule has 0 spiro atoms. The molecule has 0 saturated carbocycles. The molecule has 0 bridgehead atoms. The van der Waals surface area contributed by atoms with Gasteiger partial charge in [-0.2, -0.15) is 4.79 Å². The Morgan fingerprint density at radius 3 is 2.44 bits per heavy atom. The smallest absolute Gasteiger partial charge is 0.274 e. The zero-order chi connectivity index (χ0) is 19.1. The molecule has 2 amide bonds. The van der Waals surface area contributed by atoms with Crippen LogP contribution in [0, 0.1) is 0 Å². The average Bonchev–Trinajstić information content (AvgIpc) is 3.01. The molecule has 136 valence electrons. The number of halogens is 2. The summed E-state index contributed by atoms with van der Waals surface area (Å²) in [6.07, 6.45) is 1.37. The monoisotopic (exact) mass is 400 g/mol. The van der Waals surface area contributed by atoms with Gasteiger partial charge in [-0.05, 0) is 30.5 Å². The number of hydrogen-bond acceptors (Lipinski definition) is 3. The van der Waals surface area contributed by atoms with Gasteiger partial charge in [-0.1, -0.05) is 53.5 Å². The molecule has 1 aliphatic rings. The van der Waals surface area contributed by atoms with Gasteiger partial charge in [0.25, 0.3) is 11.8 Å². The lowest BCUT2D eigenvalue weighted by Gasteiger charge is -2.18. The van der Waals surface area contributed by atoms with Gasteiger partial charge in [0.1, 0.15) is 0 Å². The van der Waals surface area contributed by atoms with Gasteiger partial charge in [-0.3, -0.25) is 9.59 Å². The van der Waals surface area contributed by atoms with Crippen molar-refractivity contribution in [3.63, 3.8) is 0 Å². The predicted molar refractivity (Wildman–Crippen MR) is 104 cm³/mol. The van der Waals surface area contributed by atoms with E-state index in [4.69, 9.17) is 28.9 Å². The number of nitrogens with zero attached hydrogens (tertiary/aromatic N) is 2. The second kappa shape index (κ2) is 6.72. The number of fused-ring (bicyclic) bond motifs is 3. The van der Waals surface area contributed by atoms with Crippen LogP contribution in [0.1, 0.15) is 32.0 Å². The third-order valence-electron chi connectivity index (χ3n) is 4.53. The quantitative estimate of drug-likeness (QED) is 0.705. The Bertz CT molecular complexity index is 1070. The number of nitrogens with one attached hydrogen (secondary N) is 1. The molecule has 0 fully saturated rings. The van der Waals surface area contributed by atoms with Gasteiger partial charge in [-0.25, -0.2) is 5.43 Å². The van der Waals surface area contributed by atoms with Crippen LogP contribution < -0.4 is 11.2 Å². The SMILES string of the molecule is NC(=O)c1nn(NC(=O)c2c(Cl)cccc2Cl)c2c1CCc1ccccc1-2. The number of nitrogens with two attached hydrogens (primary N) is 1. The van der Waals surface area contributed by atoms with Crippen LogP contribution in [0.2, 0.25) is 10.0 Å². The number of aryl methyl sites for hydroxylation is 1. The average molecular weight is 401 g/mol. The molecule has 4 rings (SSSR count). The van der Waals surface area contributed by atoms with Crippen molar-refractivity contribution in [3.8, 4) is 11.3 Å². The Hall–Kier alpha value is -2.83. The van der Waals surface area contributed by atoms with Crippen LogP contribution in [0.15, 0.2) is 42.5 Å². The highest BCUT2D eigenvalue weighted by atomic mass is 35.5. The highest BCUT2D eigenvalue weighted by Crippen LogP contribution is 2.35. The van der Waals surface area contributed by atoms with Crippen LogP contribution in [-0.4, -0.2) is 21.7 Å². The molecular weight excluding hydrogens is 387 g/mol. The van der Waals surface area contributed by atoms with Crippen LogP contribution in [0.25, 0.3) is 11.3 Å². The molecule has 0 unspecified atom stereocenters. The van der Waals surface area contributed by atoms with Gasteiger partial charge in [-0.15, -0.1) is 5.10 Å². The molecule has 0 saturated heterocycles. The number of aromatic nitrogens is 2. The van der Waals surface area contributed by atoms with E-state index in [1.54, 1.807) is 18.2 Å². The summed E-state index contributed by atoms with van der Waals surface area (Å²) in [5.41, 5.74) is 11.8. The van der Waals surface area contributed by atoms with E-state index < -0.39 is 11.8 Å². The number of benzene rings is 2. The van der Waals surface area contributed by atoms with Crippen molar-refractivity contribution in [2.45, 2.75) is 12.8 Å². The summed E-state index contributed by atoms with van der Waals surface area (Å²) >= 11 is 12.2. The molecule has 3 aromatic rings. The number of primary amides is 1. The number of hydrogen-bond donors (Lipinski definition) is 2. The van der Waals surface area contributed by atoms with Gasteiger partial charge >= 0.3 is 0 Å². The van der Waals surface area contributed by atoms with Crippen LogP contribution in [0.5, 0.6) is 0 Å². The minimum absolute atomic E-state index is 0.134. The molecular formula is C19H14Cl2N4O2. The van der Waals surface area contributed by atoms with Crippen molar-refractivity contribution in [2.24, 2.45) is 5.73 Å². The van der Waals surface area contributed by atoms with Crippen molar-refractivity contribution in [3.05, 3.63) is 74.9 Å². The molecule has 0 radical (unpaired) electrons. The third-order valence-corrected chi connectivity index (χ3v) is 5.16. The maximum atomic E-state index is 12.8. The van der Waals surface area contributed by atoms with Crippen LogP contribution >= 0.6 is 23.2 Å². The van der Waals surface area contributed by atoms with Gasteiger partial charge in [0.15, 0.2) is 5.69 Å². The minimum atomic E-state index is -0.644. The Labute approximate surface area is 164 Å². The second-order valence-electron chi connectivity index (χ2n) is 6.15. The summed E-state index contributed by atoms with van der Waals surface area (Å²) in [5.74, 6) is -1.18. The molecule has 27 heavy (non-hydrogen) atoms. The maximum absolute atomic E-state index is 12.8. The lowest BCUT2D eigenvalue weighted by atomic mass is 9.89. The van der Waals surface area contributed by atoms with Crippen LogP contribution in [-0.2, 0) is 12.8 Å². The Morgan fingerprint density at radius 1 is 1.04 bits per heavy atom. The summed E-state index contributed by atoms with van der Waals surface area (Å²) < 4.78 is 0. The number of rotatable bonds is 3. The van der Waals surface area contributed by atoms with Crippen LogP contribution in [0.4, 0.5) is 0 Å². The zero-order valence-corrected chi connectivity index (χ0v) is 15.5. The van der Waals surface area contributed by atoms with E-state index in [0.717, 1.165) is 17.5 Å². The summed E-state index contributed by atoms with van der Waals surface area (Å²) in [4.78, 5) is 25.9. The second-order valence-corrected chi connectivity index (χ2v) is 6.96. The standard InChI is InChI=1S/C19H14Cl2N4O2/c20-13-6-3-7-14(21)15(13)19(27)24-25-17-11-5-2-1-4-10(11)8-9-12(17)16(23-25)18(22)26/h1-7H,8-9H2,(H2,22,26)(H,24,27). The first-order chi connectivity index (χ1) is 13.0. The lowest BCUT2D eigenvalue weighted by Crippen LogP contribution is -2.26. The molecule has 3 N–H and O–H groups in total. The van der Waals surface area contributed by atoms with E-state index >= 15 is 0 Å². The third kappa shape index (κ3) is 2.97. The zero-order valence-electron chi connectivity index (χ0n) is 14.0. The highest BCUT2D eigenvalue weighted by molar-refractivity contribution is 6.40. The molecule has 1 heterocycles. The Morgan fingerprint density at radius 2 is 1.74 bits per heavy atom. The van der Waals surface area contributed by atoms with Gasteiger partial charge in [0.05, 0.1) is 21.3 Å². The first-order valence-corrected chi connectivity index (χ1v) is 8.98. The first-order valence-electron chi connectivity index (χ1n) is 8.22. The largest absolute Gasteiger partial charge is 0.364 e. The van der Waals surface area contributed by atoms with E-state index in [1.807, 2.05) is 24.3 Å². The molecule has 2 aromatic carbocycles. The van der Waals surface area contributed by atoms with E-state index in [9.17, 15) is 9.59 Å². The van der Waals surface area contributed by atoms with E-state index in [1.165, 1.54) is 4.79 Å². The normalized spacial score (nSPS) is 12.2. The summed E-state index contributed by atoms with van der Waals surface area (Å²) in [6, 6.07) is 12.6. The van der Waals surface area contributed by atoms with Crippen molar-refractivity contribution in [1.29, 1.82) is 0 Å². The van der Waals surface area contributed by atoms with Gasteiger partial charge < -0.3 is 5.73 Å². The van der Waals surface area contributed by atoms with E-state index in [2.05, 4.69) is 10.5 Å². The van der Waals surface area contributed by atoms with Gasteiger partial charge in [0, 0.05) is 11.1 Å². The van der Waals surface area contributed by atoms with E-state index in [-0.39, 0.29) is 21.3 Å². The number of carbonyl (C=O) groups is 2. The number of amides is 2. The summed E-state index contributed by atoms with van der Waals surface area (Å²) in [5, 5.41) is 4.68. The fraction of sp³-hybridized carbons (Fsp3) is 0.105. The fourth-order valence-corrected chi connectivity index (χ4v) is 3.91. The van der Waals surface area contributed by atoms with E-state index in [0.29, 0.717) is 17.7 Å². The molecule has 6 nitrogen and oxygen atoms in total. The van der Waals surface area contributed by atoms with Crippen molar-refractivity contribution >= 4 is 35.0 Å². The molecule has 8 heteroatoms. The van der Waals surface area contributed by atoms with Crippen LogP contribution in [0.3, 0.4) is 0 Å². The maximum Gasteiger partial charge on any atom is 0.274 e. The molecule has 0 aliphatic heterocycles. The first kappa shape index (κ1) is 17.6. The molecule has 0 atom stereocenters. The minimum Gasteiger partial charge on any atom is -0.364 e. The molecule has 1 aromatic heterocycles.